The van der Waals surface area contributed by atoms with Gasteiger partial charge in [0.15, 0.2) is 0 Å². The first kappa shape index (κ1) is 26.8. The molecule has 9 nitrogen and oxygen atoms in total. The summed E-state index contributed by atoms with van der Waals surface area (Å²) in [4.78, 5) is 35.3. The minimum absolute atomic E-state index is 0.0149. The Morgan fingerprint density at radius 2 is 2.10 bits per heavy atom. The molecule has 0 spiro atoms. The molecule has 2 fully saturated rings. The Balaban J connectivity index is 1.36. The maximum Gasteiger partial charge on any atom is 0.320 e. The second-order valence-corrected chi connectivity index (χ2v) is 10.8. The highest BCUT2D eigenvalue weighted by Gasteiger charge is 2.32. The molecule has 2 N–H and O–H groups in total. The van der Waals surface area contributed by atoms with Crippen molar-refractivity contribution in [1.82, 2.24) is 14.9 Å². The average Bonchev–Trinajstić information content (AvgIpc) is 3.69. The largest absolute Gasteiger partial charge is 0.491 e. The van der Waals surface area contributed by atoms with E-state index in [2.05, 4.69) is 20.6 Å². The van der Waals surface area contributed by atoms with Crippen LogP contribution in [0.25, 0.3) is 10.9 Å². The van der Waals surface area contributed by atoms with E-state index in [-0.39, 0.29) is 23.4 Å². The zero-order chi connectivity index (χ0) is 27.6. The lowest BCUT2D eigenvalue weighted by Crippen LogP contribution is -2.50. The fourth-order valence-corrected chi connectivity index (χ4v) is 4.55. The Morgan fingerprint density at radius 3 is 2.85 bits per heavy atom. The molecule has 2 aliphatic rings. The van der Waals surface area contributed by atoms with Crippen molar-refractivity contribution in [3.05, 3.63) is 59.7 Å². The molecule has 1 aromatic heterocycles. The third kappa shape index (κ3) is 7.01. The van der Waals surface area contributed by atoms with Gasteiger partial charge in [0.25, 0.3) is 0 Å². The normalized spacial score (nSPS) is 17.3. The topological polar surface area (TPSA) is 106 Å². The molecule has 1 aliphatic carbocycles. The molecule has 1 saturated heterocycles. The molecule has 204 valence electrons. The Labute approximate surface area is 230 Å². The number of morpholine rings is 1. The van der Waals surface area contributed by atoms with Crippen LogP contribution >= 0.6 is 11.6 Å². The number of hydrogen-bond donors (Lipinski definition) is 2. The summed E-state index contributed by atoms with van der Waals surface area (Å²) in [5.41, 5.74) is 1.06. The molecule has 39 heavy (non-hydrogen) atoms. The van der Waals surface area contributed by atoms with Gasteiger partial charge >= 0.3 is 5.97 Å². The molecular weight excluding hydrogens is 525 g/mol. The van der Waals surface area contributed by atoms with Crippen LogP contribution in [0.4, 0.5) is 21.6 Å². The van der Waals surface area contributed by atoms with E-state index in [1.807, 2.05) is 18.7 Å². The SMILES string of the molecule is CC1(C)CN(CC=CC(=O)Nc2cc3c(Nc4ccc(F)c(Cl)c4)ncnc3cc2OCC2CC2)CC(=O)O1. The van der Waals surface area contributed by atoms with Gasteiger partial charge in [-0.2, -0.15) is 0 Å². The number of hydrogen-bond acceptors (Lipinski definition) is 8. The summed E-state index contributed by atoms with van der Waals surface area (Å²) in [5, 5.41) is 6.66. The van der Waals surface area contributed by atoms with Crippen molar-refractivity contribution in [2.75, 3.05) is 36.9 Å². The molecule has 2 aromatic carbocycles. The molecule has 2 heterocycles. The summed E-state index contributed by atoms with van der Waals surface area (Å²) < 4.78 is 25.0. The molecule has 1 aliphatic heterocycles. The lowest BCUT2D eigenvalue weighted by molar-refractivity contribution is -0.168. The lowest BCUT2D eigenvalue weighted by Gasteiger charge is -2.36. The van der Waals surface area contributed by atoms with Crippen LogP contribution in [-0.4, -0.2) is 58.6 Å². The standard InChI is InChI=1S/C28H29ClFN5O4/c1-28(2)15-35(13-26(37)39-28)9-3-4-25(36)34-23-11-19-22(12-24(23)38-14-17-5-6-17)31-16-32-27(19)33-18-7-8-21(30)20(29)10-18/h3-4,7-8,10-12,16-17H,5-6,9,13-15H2,1-2H3,(H,34,36)(H,31,32,33). The fourth-order valence-electron chi connectivity index (χ4n) is 4.37. The van der Waals surface area contributed by atoms with Crippen molar-refractivity contribution in [3.63, 3.8) is 0 Å². The zero-order valence-electron chi connectivity index (χ0n) is 21.7. The number of amides is 1. The van der Waals surface area contributed by atoms with Gasteiger partial charge in [0, 0.05) is 36.3 Å². The molecule has 11 heteroatoms. The van der Waals surface area contributed by atoms with Crippen molar-refractivity contribution < 1.29 is 23.5 Å². The van der Waals surface area contributed by atoms with E-state index in [0.29, 0.717) is 59.5 Å². The van der Waals surface area contributed by atoms with Gasteiger partial charge < -0.3 is 20.1 Å². The third-order valence-corrected chi connectivity index (χ3v) is 6.62. The van der Waals surface area contributed by atoms with Gasteiger partial charge in [-0.3, -0.25) is 14.5 Å². The van der Waals surface area contributed by atoms with Gasteiger partial charge in [-0.1, -0.05) is 17.7 Å². The highest BCUT2D eigenvalue weighted by molar-refractivity contribution is 6.31. The minimum atomic E-state index is -0.572. The van der Waals surface area contributed by atoms with Crippen LogP contribution in [0.5, 0.6) is 5.75 Å². The highest BCUT2D eigenvalue weighted by Crippen LogP contribution is 2.36. The minimum Gasteiger partial charge on any atom is -0.491 e. The number of nitrogens with one attached hydrogen (secondary N) is 2. The van der Waals surface area contributed by atoms with E-state index in [4.69, 9.17) is 21.1 Å². The molecular formula is C28H29ClFN5O4. The smallest absolute Gasteiger partial charge is 0.320 e. The Hall–Kier alpha value is -3.76. The Kier molecular flexibility index (Phi) is 7.67. The second kappa shape index (κ2) is 11.2. The van der Waals surface area contributed by atoms with Crippen molar-refractivity contribution in [2.45, 2.75) is 32.3 Å². The molecule has 0 unspecified atom stereocenters. The number of rotatable bonds is 9. The number of carbonyl (C=O) groups is 2. The monoisotopic (exact) mass is 553 g/mol. The Morgan fingerprint density at radius 1 is 1.28 bits per heavy atom. The van der Waals surface area contributed by atoms with Crippen molar-refractivity contribution in [3.8, 4) is 5.75 Å². The number of anilines is 3. The number of carbonyl (C=O) groups excluding carboxylic acids is 2. The summed E-state index contributed by atoms with van der Waals surface area (Å²) in [6.07, 6.45) is 6.80. The first-order chi connectivity index (χ1) is 18.6. The zero-order valence-corrected chi connectivity index (χ0v) is 22.4. The van der Waals surface area contributed by atoms with Crippen LogP contribution in [0.15, 0.2) is 48.8 Å². The van der Waals surface area contributed by atoms with Crippen LogP contribution in [0.2, 0.25) is 5.02 Å². The van der Waals surface area contributed by atoms with Gasteiger partial charge in [0.2, 0.25) is 5.91 Å². The lowest BCUT2D eigenvalue weighted by atomic mass is 10.1. The predicted octanol–water partition coefficient (Wildman–Crippen LogP) is 5.09. The molecule has 1 saturated carbocycles. The van der Waals surface area contributed by atoms with Crippen LogP contribution < -0.4 is 15.4 Å². The number of cyclic esters (lactones) is 1. The molecule has 3 aromatic rings. The summed E-state index contributed by atoms with van der Waals surface area (Å²) in [6, 6.07) is 7.81. The molecule has 0 atom stereocenters. The van der Waals surface area contributed by atoms with Gasteiger partial charge in [-0.05, 0) is 56.9 Å². The number of halogens is 2. The van der Waals surface area contributed by atoms with E-state index >= 15 is 0 Å². The number of esters is 1. The number of nitrogens with zero attached hydrogens (tertiary/aromatic N) is 3. The maximum absolute atomic E-state index is 13.6. The first-order valence-corrected chi connectivity index (χ1v) is 13.1. The van der Waals surface area contributed by atoms with E-state index < -0.39 is 11.4 Å². The molecule has 0 radical (unpaired) electrons. The van der Waals surface area contributed by atoms with Gasteiger partial charge in [0.1, 0.15) is 29.3 Å². The molecule has 1 amide bonds. The van der Waals surface area contributed by atoms with Gasteiger partial charge in [-0.15, -0.1) is 0 Å². The van der Waals surface area contributed by atoms with Gasteiger partial charge in [0.05, 0.1) is 29.4 Å². The average molecular weight is 554 g/mol. The van der Waals surface area contributed by atoms with Crippen LogP contribution in [0.3, 0.4) is 0 Å². The number of ether oxygens (including phenoxy) is 2. The summed E-state index contributed by atoms with van der Waals surface area (Å²) in [5.74, 6) is 0.325. The quantitative estimate of drug-likeness (QED) is 0.279. The van der Waals surface area contributed by atoms with E-state index in [1.54, 1.807) is 24.3 Å². The van der Waals surface area contributed by atoms with E-state index in [0.717, 1.165) is 12.8 Å². The summed E-state index contributed by atoms with van der Waals surface area (Å²) >= 11 is 5.94. The summed E-state index contributed by atoms with van der Waals surface area (Å²) in [6.45, 7) is 5.44. The number of fused-ring (bicyclic) bond motifs is 1. The van der Waals surface area contributed by atoms with Crippen LogP contribution in [0.1, 0.15) is 26.7 Å². The van der Waals surface area contributed by atoms with E-state index in [9.17, 15) is 14.0 Å². The number of benzene rings is 2. The second-order valence-electron chi connectivity index (χ2n) is 10.4. The first-order valence-electron chi connectivity index (χ1n) is 12.7. The molecule has 0 bridgehead atoms. The van der Waals surface area contributed by atoms with Crippen molar-refractivity contribution in [1.29, 1.82) is 0 Å². The predicted molar refractivity (Wildman–Crippen MR) is 147 cm³/mol. The van der Waals surface area contributed by atoms with Crippen molar-refractivity contribution >= 4 is 51.6 Å². The van der Waals surface area contributed by atoms with Crippen LogP contribution in [-0.2, 0) is 14.3 Å². The number of aromatic nitrogens is 2. The molecule has 5 rings (SSSR count). The third-order valence-electron chi connectivity index (χ3n) is 6.33. The van der Waals surface area contributed by atoms with E-state index in [1.165, 1.54) is 24.5 Å². The maximum atomic E-state index is 13.6. The Bertz CT molecular complexity index is 1440. The van der Waals surface area contributed by atoms with Crippen LogP contribution in [0, 0.1) is 11.7 Å². The van der Waals surface area contributed by atoms with Crippen molar-refractivity contribution in [2.24, 2.45) is 5.92 Å². The van der Waals surface area contributed by atoms with Gasteiger partial charge in [-0.25, -0.2) is 14.4 Å². The fraction of sp³-hybridized carbons (Fsp3) is 0.357. The highest BCUT2D eigenvalue weighted by atomic mass is 35.5. The summed E-state index contributed by atoms with van der Waals surface area (Å²) in [7, 11) is 0.